The minimum absolute atomic E-state index is 0.268. The van der Waals surface area contributed by atoms with Gasteiger partial charge in [-0.3, -0.25) is 0 Å². The van der Waals surface area contributed by atoms with Crippen LogP contribution in [0.3, 0.4) is 0 Å². The summed E-state index contributed by atoms with van der Waals surface area (Å²) < 4.78 is 26.5. The molecule has 0 spiro atoms. The highest BCUT2D eigenvalue weighted by molar-refractivity contribution is 9.10. The number of anilines is 2. The molecule has 0 saturated heterocycles. The van der Waals surface area contributed by atoms with Crippen molar-refractivity contribution in [1.82, 2.24) is 0 Å². The summed E-state index contributed by atoms with van der Waals surface area (Å²) in [5.41, 5.74) is 7.84. The molecule has 0 aliphatic carbocycles. The zero-order valence-electron chi connectivity index (χ0n) is 10.3. The highest BCUT2D eigenvalue weighted by atomic mass is 79.9. The van der Waals surface area contributed by atoms with Crippen molar-refractivity contribution in [3.8, 4) is 0 Å². The summed E-state index contributed by atoms with van der Waals surface area (Å²) in [6.07, 6.45) is 0. The van der Waals surface area contributed by atoms with E-state index >= 15 is 0 Å². The SMILES string of the molecule is CN(Cc1ccc(F)cc1)c1cc(Br)c(F)cc1N. The third-order valence-electron chi connectivity index (χ3n) is 2.81. The molecule has 100 valence electrons. The van der Waals surface area contributed by atoms with Crippen molar-refractivity contribution >= 4 is 27.3 Å². The second kappa shape index (κ2) is 5.57. The largest absolute Gasteiger partial charge is 0.397 e. The lowest BCUT2D eigenvalue weighted by atomic mass is 10.2. The van der Waals surface area contributed by atoms with Crippen molar-refractivity contribution in [1.29, 1.82) is 0 Å². The molecule has 0 aromatic heterocycles. The van der Waals surface area contributed by atoms with E-state index in [1.165, 1.54) is 18.2 Å². The molecule has 5 heteroatoms. The second-order valence-electron chi connectivity index (χ2n) is 4.31. The Morgan fingerprint density at radius 3 is 2.42 bits per heavy atom. The fourth-order valence-electron chi connectivity index (χ4n) is 1.83. The quantitative estimate of drug-likeness (QED) is 0.865. The van der Waals surface area contributed by atoms with Crippen LogP contribution < -0.4 is 10.6 Å². The van der Waals surface area contributed by atoms with Gasteiger partial charge in [-0.15, -0.1) is 0 Å². The summed E-state index contributed by atoms with van der Waals surface area (Å²) >= 11 is 3.14. The predicted molar refractivity (Wildman–Crippen MR) is 77.0 cm³/mol. The van der Waals surface area contributed by atoms with E-state index in [0.29, 0.717) is 16.7 Å². The van der Waals surface area contributed by atoms with Crippen LogP contribution in [0.1, 0.15) is 5.56 Å². The summed E-state index contributed by atoms with van der Waals surface area (Å²) in [5, 5.41) is 0. The zero-order chi connectivity index (χ0) is 14.0. The molecule has 0 aliphatic rings. The third-order valence-corrected chi connectivity index (χ3v) is 3.42. The van der Waals surface area contributed by atoms with E-state index in [0.717, 1.165) is 11.3 Å². The van der Waals surface area contributed by atoms with Crippen LogP contribution in [0, 0.1) is 11.6 Å². The Labute approximate surface area is 119 Å². The smallest absolute Gasteiger partial charge is 0.139 e. The highest BCUT2D eigenvalue weighted by Gasteiger charge is 2.10. The third kappa shape index (κ3) is 3.23. The number of rotatable bonds is 3. The van der Waals surface area contributed by atoms with Gasteiger partial charge in [0.25, 0.3) is 0 Å². The van der Waals surface area contributed by atoms with Crippen LogP contribution in [0.2, 0.25) is 0 Å². The maximum Gasteiger partial charge on any atom is 0.139 e. The average molecular weight is 327 g/mol. The van der Waals surface area contributed by atoms with Gasteiger partial charge in [0.2, 0.25) is 0 Å². The molecule has 0 saturated carbocycles. The molecule has 0 aliphatic heterocycles. The first-order chi connectivity index (χ1) is 8.97. The van der Waals surface area contributed by atoms with Gasteiger partial charge in [-0.1, -0.05) is 12.1 Å². The van der Waals surface area contributed by atoms with Crippen LogP contribution in [-0.2, 0) is 6.54 Å². The van der Waals surface area contributed by atoms with Gasteiger partial charge in [0.05, 0.1) is 15.8 Å². The first-order valence-electron chi connectivity index (χ1n) is 5.67. The maximum absolute atomic E-state index is 13.3. The molecule has 0 radical (unpaired) electrons. The molecule has 2 aromatic carbocycles. The van der Waals surface area contributed by atoms with Crippen LogP contribution in [0.4, 0.5) is 20.2 Å². The number of nitrogens with zero attached hydrogens (tertiary/aromatic N) is 1. The Balaban J connectivity index is 2.22. The van der Waals surface area contributed by atoms with E-state index in [-0.39, 0.29) is 5.82 Å². The fraction of sp³-hybridized carbons (Fsp3) is 0.143. The molecule has 0 atom stereocenters. The molecule has 19 heavy (non-hydrogen) atoms. The topological polar surface area (TPSA) is 29.3 Å². The van der Waals surface area contributed by atoms with Crippen LogP contribution >= 0.6 is 15.9 Å². The minimum atomic E-state index is -0.392. The molecule has 0 amide bonds. The molecule has 0 fully saturated rings. The second-order valence-corrected chi connectivity index (χ2v) is 5.16. The minimum Gasteiger partial charge on any atom is -0.397 e. The Morgan fingerprint density at radius 1 is 1.16 bits per heavy atom. The van der Waals surface area contributed by atoms with Gasteiger partial charge < -0.3 is 10.6 Å². The fourth-order valence-corrected chi connectivity index (χ4v) is 2.16. The van der Waals surface area contributed by atoms with Gasteiger partial charge in [-0.25, -0.2) is 8.78 Å². The van der Waals surface area contributed by atoms with Crippen LogP contribution in [0.5, 0.6) is 0 Å². The molecule has 2 N–H and O–H groups in total. The van der Waals surface area contributed by atoms with Crippen molar-refractivity contribution in [3.63, 3.8) is 0 Å². The number of halogens is 3. The maximum atomic E-state index is 13.3. The summed E-state index contributed by atoms with van der Waals surface area (Å²) in [5.74, 6) is -0.660. The molecule has 0 unspecified atom stereocenters. The monoisotopic (exact) mass is 326 g/mol. The standard InChI is InChI=1S/C14H13BrF2N2/c1-19(8-9-2-4-10(16)5-3-9)14-6-11(15)12(17)7-13(14)18/h2-7H,8,18H2,1H3. The number of hydrogen-bond acceptors (Lipinski definition) is 2. The van der Waals surface area contributed by atoms with Crippen molar-refractivity contribution in [2.24, 2.45) is 0 Å². The van der Waals surface area contributed by atoms with Crippen molar-refractivity contribution < 1.29 is 8.78 Å². The molecule has 0 heterocycles. The van der Waals surface area contributed by atoms with Crippen LogP contribution in [0.25, 0.3) is 0 Å². The van der Waals surface area contributed by atoms with E-state index in [9.17, 15) is 8.78 Å². The average Bonchev–Trinajstić information content (AvgIpc) is 2.36. The molecule has 0 bridgehead atoms. The highest BCUT2D eigenvalue weighted by Crippen LogP contribution is 2.29. The zero-order valence-corrected chi connectivity index (χ0v) is 11.9. The molecule has 2 aromatic rings. The summed E-state index contributed by atoms with van der Waals surface area (Å²) in [6.45, 7) is 0.558. The van der Waals surface area contributed by atoms with Crippen molar-refractivity contribution in [3.05, 3.63) is 58.1 Å². The molecule has 2 nitrogen and oxygen atoms in total. The van der Waals surface area contributed by atoms with Crippen molar-refractivity contribution in [2.45, 2.75) is 6.54 Å². The van der Waals surface area contributed by atoms with E-state index < -0.39 is 5.82 Å². The van der Waals surface area contributed by atoms with Crippen LogP contribution in [-0.4, -0.2) is 7.05 Å². The number of nitrogens with two attached hydrogens (primary N) is 1. The number of benzene rings is 2. The van der Waals surface area contributed by atoms with Crippen LogP contribution in [0.15, 0.2) is 40.9 Å². The predicted octanol–water partition coefficient (Wildman–Crippen LogP) is 3.95. The lowest BCUT2D eigenvalue weighted by molar-refractivity contribution is 0.621. The van der Waals surface area contributed by atoms with Gasteiger partial charge in [-0.05, 0) is 39.7 Å². The van der Waals surface area contributed by atoms with E-state index in [1.54, 1.807) is 18.2 Å². The number of nitrogen functional groups attached to an aromatic ring is 1. The van der Waals surface area contributed by atoms with Gasteiger partial charge in [-0.2, -0.15) is 0 Å². The Hall–Kier alpha value is -1.62. The molecule has 2 rings (SSSR count). The first kappa shape index (κ1) is 13.8. The summed E-state index contributed by atoms with van der Waals surface area (Å²) in [7, 11) is 1.85. The van der Waals surface area contributed by atoms with Gasteiger partial charge in [0.1, 0.15) is 11.6 Å². The summed E-state index contributed by atoms with van der Waals surface area (Å²) in [6, 6.07) is 9.15. The van der Waals surface area contributed by atoms with E-state index in [4.69, 9.17) is 5.73 Å². The normalized spacial score (nSPS) is 10.5. The number of hydrogen-bond donors (Lipinski definition) is 1. The van der Waals surface area contributed by atoms with Crippen molar-refractivity contribution in [2.75, 3.05) is 17.7 Å². The lowest BCUT2D eigenvalue weighted by Crippen LogP contribution is -2.18. The van der Waals surface area contributed by atoms with Gasteiger partial charge >= 0.3 is 0 Å². The van der Waals surface area contributed by atoms with Gasteiger partial charge in [0, 0.05) is 19.7 Å². The van der Waals surface area contributed by atoms with Gasteiger partial charge in [0.15, 0.2) is 0 Å². The van der Waals surface area contributed by atoms with E-state index in [1.807, 2.05) is 11.9 Å². The Kier molecular flexibility index (Phi) is 4.04. The summed E-state index contributed by atoms with van der Waals surface area (Å²) in [4.78, 5) is 1.88. The lowest BCUT2D eigenvalue weighted by Gasteiger charge is -2.21. The Bertz CT molecular complexity index is 585. The Morgan fingerprint density at radius 2 is 1.79 bits per heavy atom. The molecular weight excluding hydrogens is 314 g/mol. The molecular formula is C14H13BrF2N2. The first-order valence-corrected chi connectivity index (χ1v) is 6.47. The van der Waals surface area contributed by atoms with E-state index in [2.05, 4.69) is 15.9 Å².